The van der Waals surface area contributed by atoms with Crippen molar-refractivity contribution in [3.63, 3.8) is 0 Å². The van der Waals surface area contributed by atoms with Gasteiger partial charge in [0.15, 0.2) is 0 Å². The lowest BCUT2D eigenvalue weighted by Crippen LogP contribution is -2.16. The summed E-state index contributed by atoms with van der Waals surface area (Å²) in [6.45, 7) is 1.68. The molecule has 1 rings (SSSR count). The van der Waals surface area contributed by atoms with Gasteiger partial charge in [-0.1, -0.05) is 6.42 Å². The average Bonchev–Trinajstić information content (AvgIpc) is 2.33. The molecular formula is C8H13ClO. The molecule has 0 spiro atoms. The molecule has 1 nitrogen and oxygen atoms in total. The Bertz CT molecular complexity index is 133. The van der Waals surface area contributed by atoms with Crippen molar-refractivity contribution in [1.29, 1.82) is 0 Å². The zero-order valence-electron chi connectivity index (χ0n) is 6.27. The molecule has 10 heavy (non-hydrogen) atoms. The van der Waals surface area contributed by atoms with Gasteiger partial charge in [0.1, 0.15) is 5.78 Å². The molecular weight excluding hydrogens is 148 g/mol. The number of ketones is 1. The third kappa shape index (κ3) is 1.51. The fourth-order valence-corrected chi connectivity index (χ4v) is 2.13. The normalized spacial score (nSPS) is 32.6. The molecule has 0 aromatic heterocycles. The van der Waals surface area contributed by atoms with Crippen molar-refractivity contribution in [2.75, 3.05) is 5.88 Å². The van der Waals surface area contributed by atoms with Gasteiger partial charge in [0, 0.05) is 11.8 Å². The molecule has 2 atom stereocenters. The van der Waals surface area contributed by atoms with E-state index < -0.39 is 0 Å². The van der Waals surface area contributed by atoms with Crippen molar-refractivity contribution < 1.29 is 4.79 Å². The molecule has 0 N–H and O–H groups in total. The maximum atomic E-state index is 11.0. The van der Waals surface area contributed by atoms with Gasteiger partial charge < -0.3 is 0 Å². The van der Waals surface area contributed by atoms with Crippen molar-refractivity contribution in [2.24, 2.45) is 11.8 Å². The van der Waals surface area contributed by atoms with E-state index in [1.807, 2.05) is 0 Å². The molecule has 0 radical (unpaired) electrons. The Labute approximate surface area is 66.8 Å². The van der Waals surface area contributed by atoms with Crippen LogP contribution in [-0.2, 0) is 4.79 Å². The Kier molecular flexibility index (Phi) is 2.72. The van der Waals surface area contributed by atoms with E-state index in [2.05, 4.69) is 0 Å². The minimum Gasteiger partial charge on any atom is -0.300 e. The maximum Gasteiger partial charge on any atom is 0.133 e. The molecule has 0 aliphatic heterocycles. The summed E-state index contributed by atoms with van der Waals surface area (Å²) in [7, 11) is 0. The minimum atomic E-state index is 0.275. The lowest BCUT2D eigenvalue weighted by molar-refractivity contribution is -0.121. The summed E-state index contributed by atoms with van der Waals surface area (Å²) in [5, 5.41) is 0. The largest absolute Gasteiger partial charge is 0.300 e. The van der Waals surface area contributed by atoms with E-state index in [4.69, 9.17) is 11.6 Å². The molecule has 0 unspecified atom stereocenters. The number of carbonyl (C=O) groups is 1. The Morgan fingerprint density at radius 2 is 2.30 bits per heavy atom. The Morgan fingerprint density at radius 1 is 1.60 bits per heavy atom. The molecule has 1 fully saturated rings. The van der Waals surface area contributed by atoms with Gasteiger partial charge in [-0.25, -0.2) is 0 Å². The van der Waals surface area contributed by atoms with Gasteiger partial charge in [0.2, 0.25) is 0 Å². The zero-order chi connectivity index (χ0) is 7.56. The lowest BCUT2D eigenvalue weighted by Gasteiger charge is -2.12. The zero-order valence-corrected chi connectivity index (χ0v) is 7.03. The Hall–Kier alpha value is -0.0400. The lowest BCUT2D eigenvalue weighted by atomic mass is 9.94. The summed E-state index contributed by atoms with van der Waals surface area (Å²) in [5.41, 5.74) is 0. The first-order valence-electron chi connectivity index (χ1n) is 3.82. The maximum absolute atomic E-state index is 11.0. The molecule has 0 aromatic carbocycles. The summed E-state index contributed by atoms with van der Waals surface area (Å²) in [4.78, 5) is 11.0. The van der Waals surface area contributed by atoms with Crippen LogP contribution in [0.1, 0.15) is 26.2 Å². The highest BCUT2D eigenvalue weighted by atomic mass is 35.5. The van der Waals surface area contributed by atoms with Crippen molar-refractivity contribution in [3.8, 4) is 0 Å². The van der Waals surface area contributed by atoms with Crippen LogP contribution in [0, 0.1) is 11.8 Å². The summed E-state index contributed by atoms with van der Waals surface area (Å²) >= 11 is 5.69. The van der Waals surface area contributed by atoms with Crippen LogP contribution in [0.4, 0.5) is 0 Å². The third-order valence-electron chi connectivity index (χ3n) is 2.38. The molecule has 1 aliphatic carbocycles. The standard InChI is InChI=1S/C8H13ClO/c1-6(10)8-4-2-3-7(8)5-9/h7-8H,2-5H2,1H3/t7-,8-/m1/s1. The molecule has 1 aliphatic rings. The quantitative estimate of drug-likeness (QED) is 0.567. The SMILES string of the molecule is CC(=O)[C@H]1CCC[C@@H]1CCl. The van der Waals surface area contributed by atoms with Crippen LogP contribution in [0.5, 0.6) is 0 Å². The fourth-order valence-electron chi connectivity index (χ4n) is 1.76. The summed E-state index contributed by atoms with van der Waals surface area (Å²) in [5.74, 6) is 1.73. The van der Waals surface area contributed by atoms with Crippen molar-refractivity contribution >= 4 is 17.4 Å². The fraction of sp³-hybridized carbons (Fsp3) is 0.875. The summed E-state index contributed by atoms with van der Waals surface area (Å²) in [6, 6.07) is 0. The molecule has 0 aromatic rings. The van der Waals surface area contributed by atoms with E-state index in [9.17, 15) is 4.79 Å². The van der Waals surface area contributed by atoms with Crippen molar-refractivity contribution in [1.82, 2.24) is 0 Å². The second kappa shape index (κ2) is 3.38. The molecule has 0 heterocycles. The van der Waals surface area contributed by atoms with Gasteiger partial charge in [-0.15, -0.1) is 11.6 Å². The topological polar surface area (TPSA) is 17.1 Å². The number of alkyl halides is 1. The highest BCUT2D eigenvalue weighted by Crippen LogP contribution is 2.32. The third-order valence-corrected chi connectivity index (χ3v) is 2.78. The van der Waals surface area contributed by atoms with Gasteiger partial charge in [-0.05, 0) is 25.7 Å². The van der Waals surface area contributed by atoms with E-state index in [0.29, 0.717) is 17.6 Å². The minimum absolute atomic E-state index is 0.275. The molecule has 2 heteroatoms. The molecule has 0 bridgehead atoms. The van der Waals surface area contributed by atoms with Crippen LogP contribution in [0.2, 0.25) is 0 Å². The van der Waals surface area contributed by atoms with Crippen LogP contribution in [-0.4, -0.2) is 11.7 Å². The van der Waals surface area contributed by atoms with Crippen LogP contribution >= 0.6 is 11.6 Å². The Morgan fingerprint density at radius 3 is 2.70 bits per heavy atom. The van der Waals surface area contributed by atoms with Crippen LogP contribution in [0.25, 0.3) is 0 Å². The van der Waals surface area contributed by atoms with Gasteiger partial charge in [-0.3, -0.25) is 4.79 Å². The number of rotatable bonds is 2. The first-order chi connectivity index (χ1) is 4.75. The van der Waals surface area contributed by atoms with Crippen LogP contribution in [0.3, 0.4) is 0 Å². The van der Waals surface area contributed by atoms with Gasteiger partial charge in [0.05, 0.1) is 0 Å². The van der Waals surface area contributed by atoms with E-state index in [1.54, 1.807) is 6.92 Å². The number of hydrogen-bond acceptors (Lipinski definition) is 1. The second-order valence-corrected chi connectivity index (χ2v) is 3.37. The van der Waals surface area contributed by atoms with Gasteiger partial charge >= 0.3 is 0 Å². The summed E-state index contributed by atoms with van der Waals surface area (Å²) < 4.78 is 0. The first kappa shape index (κ1) is 8.06. The van der Waals surface area contributed by atoms with E-state index >= 15 is 0 Å². The molecule has 58 valence electrons. The molecule has 1 saturated carbocycles. The number of halogens is 1. The number of Topliss-reactive ketones (excluding diaryl/α,β-unsaturated/α-hetero) is 1. The molecule has 0 amide bonds. The highest BCUT2D eigenvalue weighted by molar-refractivity contribution is 6.18. The van der Waals surface area contributed by atoms with Gasteiger partial charge in [-0.2, -0.15) is 0 Å². The highest BCUT2D eigenvalue weighted by Gasteiger charge is 2.29. The van der Waals surface area contributed by atoms with E-state index in [0.717, 1.165) is 12.8 Å². The number of hydrogen-bond donors (Lipinski definition) is 0. The van der Waals surface area contributed by atoms with Gasteiger partial charge in [0.25, 0.3) is 0 Å². The first-order valence-corrected chi connectivity index (χ1v) is 4.35. The predicted octanol–water partition coefficient (Wildman–Crippen LogP) is 2.23. The predicted molar refractivity (Wildman–Crippen MR) is 42.2 cm³/mol. The van der Waals surface area contributed by atoms with Crippen LogP contribution < -0.4 is 0 Å². The number of carbonyl (C=O) groups excluding carboxylic acids is 1. The van der Waals surface area contributed by atoms with Crippen molar-refractivity contribution in [2.45, 2.75) is 26.2 Å². The van der Waals surface area contributed by atoms with E-state index in [1.165, 1.54) is 6.42 Å². The monoisotopic (exact) mass is 160 g/mol. The summed E-state index contributed by atoms with van der Waals surface area (Å²) in [6.07, 6.45) is 3.39. The van der Waals surface area contributed by atoms with E-state index in [-0.39, 0.29) is 5.92 Å². The molecule has 0 saturated heterocycles. The van der Waals surface area contributed by atoms with Crippen molar-refractivity contribution in [3.05, 3.63) is 0 Å². The van der Waals surface area contributed by atoms with Crippen LogP contribution in [0.15, 0.2) is 0 Å². The second-order valence-electron chi connectivity index (χ2n) is 3.06. The Balaban J connectivity index is 2.50. The smallest absolute Gasteiger partial charge is 0.133 e. The average molecular weight is 161 g/mol.